The number of nitrogens with zero attached hydrogens (tertiary/aromatic N) is 1. The summed E-state index contributed by atoms with van der Waals surface area (Å²) in [5.74, 6) is 0. The normalized spacial score (nSPS) is 11.2. The van der Waals surface area contributed by atoms with Crippen molar-refractivity contribution in [2.24, 2.45) is 0 Å². The maximum absolute atomic E-state index is 11.5. The van der Waals surface area contributed by atoms with Crippen LogP contribution in [0, 0.1) is 10.1 Å². The molecule has 0 amide bonds. The maximum Gasteiger partial charge on any atom is 0.269 e. The minimum atomic E-state index is -1.45. The fraction of sp³-hybridized carbons (Fsp3) is 0.0526. The first-order valence-electron chi connectivity index (χ1n) is 7.21. The summed E-state index contributed by atoms with van der Waals surface area (Å²) in [7, 11) is 0. The third kappa shape index (κ3) is 2.72. The maximum atomic E-state index is 11.5. The molecule has 0 aliphatic carbocycles. The van der Waals surface area contributed by atoms with Gasteiger partial charge in [0.15, 0.2) is 0 Å². The van der Waals surface area contributed by atoms with Gasteiger partial charge in [0.25, 0.3) is 5.69 Å². The zero-order valence-corrected chi connectivity index (χ0v) is 12.3. The number of rotatable bonds is 4. The summed E-state index contributed by atoms with van der Waals surface area (Å²) in [6, 6.07) is 24.4. The van der Waals surface area contributed by atoms with Crippen LogP contribution in [-0.2, 0) is 5.60 Å². The van der Waals surface area contributed by atoms with Gasteiger partial charge in [-0.2, -0.15) is 0 Å². The minimum absolute atomic E-state index is 0.0483. The second-order valence-corrected chi connectivity index (χ2v) is 5.25. The van der Waals surface area contributed by atoms with Crippen LogP contribution in [-0.4, -0.2) is 10.0 Å². The number of hydrogen-bond acceptors (Lipinski definition) is 3. The Morgan fingerprint density at radius 2 is 1.22 bits per heavy atom. The zero-order chi connectivity index (χ0) is 16.3. The molecule has 0 heterocycles. The number of nitro benzene ring substituents is 1. The van der Waals surface area contributed by atoms with Crippen LogP contribution >= 0.6 is 0 Å². The van der Waals surface area contributed by atoms with Gasteiger partial charge in [0.1, 0.15) is 5.60 Å². The Morgan fingerprint density at radius 3 is 1.70 bits per heavy atom. The van der Waals surface area contributed by atoms with E-state index in [4.69, 9.17) is 0 Å². The number of aliphatic hydroxyl groups is 1. The Labute approximate surface area is 133 Å². The third-order valence-corrected chi connectivity index (χ3v) is 3.86. The molecule has 0 aliphatic rings. The molecule has 1 N–H and O–H groups in total. The summed E-state index contributed by atoms with van der Waals surface area (Å²) in [6.07, 6.45) is 0. The largest absolute Gasteiger partial charge is 0.376 e. The van der Waals surface area contributed by atoms with Crippen molar-refractivity contribution in [2.75, 3.05) is 0 Å². The van der Waals surface area contributed by atoms with Crippen molar-refractivity contribution in [1.29, 1.82) is 0 Å². The van der Waals surface area contributed by atoms with Gasteiger partial charge in [0.2, 0.25) is 0 Å². The van der Waals surface area contributed by atoms with E-state index < -0.39 is 10.5 Å². The van der Waals surface area contributed by atoms with E-state index in [0.29, 0.717) is 16.7 Å². The van der Waals surface area contributed by atoms with E-state index in [1.807, 2.05) is 60.7 Å². The van der Waals surface area contributed by atoms with Crippen LogP contribution in [0.1, 0.15) is 16.7 Å². The monoisotopic (exact) mass is 305 g/mol. The topological polar surface area (TPSA) is 63.4 Å². The van der Waals surface area contributed by atoms with Gasteiger partial charge in [0.05, 0.1) is 4.92 Å². The smallest absolute Gasteiger partial charge is 0.269 e. The molecule has 0 atom stereocenters. The number of benzene rings is 3. The average molecular weight is 305 g/mol. The molecule has 0 aliphatic heterocycles. The molecular formula is C19H15NO3. The van der Waals surface area contributed by atoms with E-state index in [1.165, 1.54) is 12.1 Å². The van der Waals surface area contributed by atoms with E-state index in [1.54, 1.807) is 12.1 Å². The van der Waals surface area contributed by atoms with Gasteiger partial charge in [-0.05, 0) is 16.7 Å². The molecule has 0 unspecified atom stereocenters. The minimum Gasteiger partial charge on any atom is -0.376 e. The van der Waals surface area contributed by atoms with Crippen molar-refractivity contribution in [3.8, 4) is 0 Å². The van der Waals surface area contributed by atoms with Crippen molar-refractivity contribution < 1.29 is 10.0 Å². The lowest BCUT2D eigenvalue weighted by Crippen LogP contribution is -2.28. The Bertz CT molecular complexity index is 777. The van der Waals surface area contributed by atoms with Crippen LogP contribution in [0.2, 0.25) is 0 Å². The molecule has 0 aromatic heterocycles. The van der Waals surface area contributed by atoms with Crippen LogP contribution < -0.4 is 0 Å². The fourth-order valence-electron chi connectivity index (χ4n) is 2.70. The number of non-ortho nitro benzene ring substituents is 1. The molecular weight excluding hydrogens is 290 g/mol. The van der Waals surface area contributed by atoms with E-state index in [9.17, 15) is 15.2 Å². The summed E-state index contributed by atoms with van der Waals surface area (Å²) >= 11 is 0. The summed E-state index contributed by atoms with van der Waals surface area (Å²) in [6.45, 7) is 0. The Balaban J connectivity index is 2.25. The number of hydrogen-bond donors (Lipinski definition) is 1. The first-order chi connectivity index (χ1) is 11.1. The van der Waals surface area contributed by atoms with Crippen molar-refractivity contribution in [3.05, 3.63) is 112 Å². The quantitative estimate of drug-likeness (QED) is 0.452. The molecule has 3 rings (SSSR count). The summed E-state index contributed by atoms with van der Waals surface area (Å²) < 4.78 is 0. The van der Waals surface area contributed by atoms with Crippen LogP contribution in [0.4, 0.5) is 5.69 Å². The van der Waals surface area contributed by atoms with E-state index in [0.717, 1.165) is 0 Å². The fourth-order valence-corrected chi connectivity index (χ4v) is 2.70. The zero-order valence-electron chi connectivity index (χ0n) is 12.3. The van der Waals surface area contributed by atoms with Crippen LogP contribution in [0.25, 0.3) is 0 Å². The molecule has 0 bridgehead atoms. The molecule has 3 aromatic rings. The highest BCUT2D eigenvalue weighted by Crippen LogP contribution is 2.37. The third-order valence-electron chi connectivity index (χ3n) is 3.86. The van der Waals surface area contributed by atoms with E-state index in [2.05, 4.69) is 0 Å². The molecule has 4 nitrogen and oxygen atoms in total. The Kier molecular flexibility index (Phi) is 3.91. The lowest BCUT2D eigenvalue weighted by atomic mass is 9.80. The second kappa shape index (κ2) is 6.02. The SMILES string of the molecule is O=[N+]([O-])c1cccc(C(O)(c2ccccc2)c2ccccc2)c1. The summed E-state index contributed by atoms with van der Waals surface area (Å²) in [4.78, 5) is 10.6. The van der Waals surface area contributed by atoms with Crippen molar-refractivity contribution in [1.82, 2.24) is 0 Å². The molecule has 0 spiro atoms. The van der Waals surface area contributed by atoms with Gasteiger partial charge in [0, 0.05) is 12.1 Å². The molecule has 0 radical (unpaired) electrons. The Morgan fingerprint density at radius 1 is 0.739 bits per heavy atom. The van der Waals surface area contributed by atoms with Gasteiger partial charge in [-0.3, -0.25) is 10.1 Å². The highest BCUT2D eigenvalue weighted by atomic mass is 16.6. The highest BCUT2D eigenvalue weighted by Gasteiger charge is 2.34. The highest BCUT2D eigenvalue weighted by molar-refractivity contribution is 5.49. The molecule has 0 saturated carbocycles. The first-order valence-corrected chi connectivity index (χ1v) is 7.21. The van der Waals surface area contributed by atoms with Crippen molar-refractivity contribution in [2.45, 2.75) is 5.60 Å². The van der Waals surface area contributed by atoms with Crippen LogP contribution in [0.3, 0.4) is 0 Å². The van der Waals surface area contributed by atoms with Gasteiger partial charge in [-0.25, -0.2) is 0 Å². The standard InChI is InChI=1S/C19H15NO3/c21-19(15-8-3-1-4-9-15,16-10-5-2-6-11-16)17-12-7-13-18(14-17)20(22)23/h1-14,21H. The Hall–Kier alpha value is -2.98. The molecule has 23 heavy (non-hydrogen) atoms. The predicted octanol–water partition coefficient (Wildman–Crippen LogP) is 3.88. The number of nitro groups is 1. The van der Waals surface area contributed by atoms with Gasteiger partial charge >= 0.3 is 0 Å². The van der Waals surface area contributed by atoms with Gasteiger partial charge < -0.3 is 5.11 Å². The summed E-state index contributed by atoms with van der Waals surface area (Å²) in [5, 5.41) is 22.6. The van der Waals surface area contributed by atoms with Crippen LogP contribution in [0.5, 0.6) is 0 Å². The van der Waals surface area contributed by atoms with Crippen molar-refractivity contribution in [3.63, 3.8) is 0 Å². The summed E-state index contributed by atoms with van der Waals surface area (Å²) in [5.41, 5.74) is 0.282. The lowest BCUT2D eigenvalue weighted by Gasteiger charge is -2.30. The molecule has 114 valence electrons. The molecule has 3 aromatic carbocycles. The molecule has 0 fully saturated rings. The first kappa shape index (κ1) is 14.9. The molecule has 4 heteroatoms. The van der Waals surface area contributed by atoms with Crippen LogP contribution in [0.15, 0.2) is 84.9 Å². The van der Waals surface area contributed by atoms with Crippen molar-refractivity contribution >= 4 is 5.69 Å². The van der Waals surface area contributed by atoms with Gasteiger partial charge in [-0.15, -0.1) is 0 Å². The van der Waals surface area contributed by atoms with E-state index >= 15 is 0 Å². The average Bonchev–Trinajstić information content (AvgIpc) is 2.62. The lowest BCUT2D eigenvalue weighted by molar-refractivity contribution is -0.385. The predicted molar refractivity (Wildman–Crippen MR) is 88.1 cm³/mol. The van der Waals surface area contributed by atoms with Gasteiger partial charge in [-0.1, -0.05) is 72.8 Å². The van der Waals surface area contributed by atoms with E-state index in [-0.39, 0.29) is 5.69 Å². The second-order valence-electron chi connectivity index (χ2n) is 5.25. The molecule has 0 saturated heterocycles.